The van der Waals surface area contributed by atoms with Gasteiger partial charge in [0, 0.05) is 11.6 Å². The highest BCUT2D eigenvalue weighted by molar-refractivity contribution is 5.93. The van der Waals surface area contributed by atoms with E-state index < -0.39 is 5.82 Å². The van der Waals surface area contributed by atoms with Crippen LogP contribution >= 0.6 is 0 Å². The van der Waals surface area contributed by atoms with Crippen molar-refractivity contribution < 1.29 is 4.39 Å². The number of halogens is 1. The number of aromatic amines is 1. The van der Waals surface area contributed by atoms with Gasteiger partial charge in [0.05, 0.1) is 11.0 Å². The van der Waals surface area contributed by atoms with E-state index in [1.807, 2.05) is 0 Å². The number of fused-ring (bicyclic) bond motifs is 3. The number of hydrogen-bond acceptors (Lipinski definition) is 1. The minimum Gasteiger partial charge on any atom is -0.304 e. The van der Waals surface area contributed by atoms with E-state index in [1.54, 1.807) is 30.5 Å². The van der Waals surface area contributed by atoms with Crippen LogP contribution in [0, 0.1) is 5.82 Å². The van der Waals surface area contributed by atoms with Crippen LogP contribution in [0.15, 0.2) is 41.3 Å². The van der Waals surface area contributed by atoms with Crippen LogP contribution in [0.5, 0.6) is 0 Å². The number of aromatic nitrogens is 2. The van der Waals surface area contributed by atoms with Crippen LogP contribution in [0.4, 0.5) is 4.39 Å². The molecule has 0 unspecified atom stereocenters. The van der Waals surface area contributed by atoms with E-state index in [9.17, 15) is 9.18 Å². The van der Waals surface area contributed by atoms with Crippen molar-refractivity contribution in [2.75, 3.05) is 0 Å². The first-order valence-electron chi connectivity index (χ1n) is 4.55. The summed E-state index contributed by atoms with van der Waals surface area (Å²) in [7, 11) is 0. The Labute approximate surface area is 83.8 Å². The zero-order valence-electron chi connectivity index (χ0n) is 7.70. The molecule has 74 valence electrons. The first kappa shape index (κ1) is 8.23. The summed E-state index contributed by atoms with van der Waals surface area (Å²) < 4.78 is 14.9. The molecule has 3 nitrogen and oxygen atoms in total. The van der Waals surface area contributed by atoms with Crippen molar-refractivity contribution in [1.29, 1.82) is 0 Å². The molecule has 1 N–H and O–H groups in total. The highest BCUT2D eigenvalue weighted by Crippen LogP contribution is 2.18. The standard InChI is InChI=1S/C11H7FN2O/c12-8-4-1-3-7-9-5-2-6-14(9)11(15)13-10(7)8/h1-6H,(H,13,15). The van der Waals surface area contributed by atoms with E-state index >= 15 is 0 Å². The molecule has 0 bridgehead atoms. The normalized spacial score (nSPS) is 11.3. The number of nitrogens with one attached hydrogen (secondary N) is 1. The Kier molecular flexibility index (Phi) is 1.48. The van der Waals surface area contributed by atoms with Crippen LogP contribution in [0.2, 0.25) is 0 Å². The fourth-order valence-corrected chi connectivity index (χ4v) is 1.81. The fourth-order valence-electron chi connectivity index (χ4n) is 1.81. The van der Waals surface area contributed by atoms with Crippen molar-refractivity contribution in [3.63, 3.8) is 0 Å². The van der Waals surface area contributed by atoms with Crippen LogP contribution in [0.25, 0.3) is 16.4 Å². The smallest absolute Gasteiger partial charge is 0.304 e. The largest absolute Gasteiger partial charge is 0.330 e. The van der Waals surface area contributed by atoms with Gasteiger partial charge in [-0.3, -0.25) is 4.40 Å². The summed E-state index contributed by atoms with van der Waals surface area (Å²) in [5, 5.41) is 0.708. The summed E-state index contributed by atoms with van der Waals surface area (Å²) in [4.78, 5) is 14.1. The van der Waals surface area contributed by atoms with Gasteiger partial charge in [-0.15, -0.1) is 0 Å². The van der Waals surface area contributed by atoms with E-state index in [2.05, 4.69) is 4.98 Å². The molecular formula is C11H7FN2O. The zero-order valence-corrected chi connectivity index (χ0v) is 7.70. The second-order valence-corrected chi connectivity index (χ2v) is 3.36. The fraction of sp³-hybridized carbons (Fsp3) is 0. The van der Waals surface area contributed by atoms with Gasteiger partial charge in [0.15, 0.2) is 0 Å². The van der Waals surface area contributed by atoms with Gasteiger partial charge in [-0.25, -0.2) is 9.18 Å². The van der Waals surface area contributed by atoms with E-state index in [-0.39, 0.29) is 11.2 Å². The topological polar surface area (TPSA) is 37.3 Å². The molecule has 0 fully saturated rings. The van der Waals surface area contributed by atoms with Crippen molar-refractivity contribution in [3.05, 3.63) is 52.8 Å². The third-order valence-corrected chi connectivity index (χ3v) is 2.49. The molecule has 0 atom stereocenters. The summed E-state index contributed by atoms with van der Waals surface area (Å²) in [6, 6.07) is 8.29. The number of H-pyrrole nitrogens is 1. The summed E-state index contributed by atoms with van der Waals surface area (Å²) in [6.07, 6.45) is 1.65. The Morgan fingerprint density at radius 3 is 2.93 bits per heavy atom. The van der Waals surface area contributed by atoms with Crippen LogP contribution in [0.1, 0.15) is 0 Å². The molecule has 0 saturated carbocycles. The maximum Gasteiger partial charge on any atom is 0.330 e. The van der Waals surface area contributed by atoms with E-state index in [0.717, 1.165) is 0 Å². The molecule has 0 radical (unpaired) electrons. The number of hydrogen-bond donors (Lipinski definition) is 1. The molecule has 0 amide bonds. The lowest BCUT2D eigenvalue weighted by Gasteiger charge is -2.01. The zero-order chi connectivity index (χ0) is 10.4. The average molecular weight is 202 g/mol. The summed E-state index contributed by atoms with van der Waals surface area (Å²) in [6.45, 7) is 0. The van der Waals surface area contributed by atoms with Gasteiger partial charge >= 0.3 is 5.69 Å². The molecule has 4 heteroatoms. The first-order valence-corrected chi connectivity index (χ1v) is 4.55. The highest BCUT2D eigenvalue weighted by Gasteiger charge is 2.06. The lowest BCUT2D eigenvalue weighted by atomic mass is 10.2. The van der Waals surface area contributed by atoms with Gasteiger partial charge < -0.3 is 4.98 Å². The number of benzene rings is 1. The Morgan fingerprint density at radius 2 is 2.07 bits per heavy atom. The van der Waals surface area contributed by atoms with Crippen LogP contribution in [0.3, 0.4) is 0 Å². The van der Waals surface area contributed by atoms with E-state index in [1.165, 1.54) is 10.5 Å². The molecule has 1 aromatic carbocycles. The van der Waals surface area contributed by atoms with Gasteiger partial charge in [0.1, 0.15) is 5.82 Å². The summed E-state index contributed by atoms with van der Waals surface area (Å²) in [5.74, 6) is -0.409. The van der Waals surface area contributed by atoms with Crippen molar-refractivity contribution >= 4 is 16.4 Å². The predicted molar refractivity (Wildman–Crippen MR) is 55.5 cm³/mol. The van der Waals surface area contributed by atoms with E-state index in [0.29, 0.717) is 10.9 Å². The van der Waals surface area contributed by atoms with Crippen molar-refractivity contribution in [3.8, 4) is 0 Å². The Balaban J connectivity index is 2.72. The number of rotatable bonds is 0. The van der Waals surface area contributed by atoms with Gasteiger partial charge in [0.2, 0.25) is 0 Å². The minimum absolute atomic E-state index is 0.258. The van der Waals surface area contributed by atoms with Gasteiger partial charge in [-0.05, 0) is 18.2 Å². The van der Waals surface area contributed by atoms with Gasteiger partial charge in [0.25, 0.3) is 0 Å². The van der Waals surface area contributed by atoms with E-state index in [4.69, 9.17) is 0 Å². The lowest BCUT2D eigenvalue weighted by Crippen LogP contribution is -2.15. The minimum atomic E-state index is -0.409. The summed E-state index contributed by atoms with van der Waals surface area (Å²) >= 11 is 0. The number of nitrogens with zero attached hydrogens (tertiary/aromatic N) is 1. The molecule has 3 rings (SSSR count). The third-order valence-electron chi connectivity index (χ3n) is 2.49. The number of para-hydroxylation sites is 1. The highest BCUT2D eigenvalue weighted by atomic mass is 19.1. The molecule has 0 aliphatic heterocycles. The van der Waals surface area contributed by atoms with Crippen molar-refractivity contribution in [2.45, 2.75) is 0 Å². The second kappa shape index (κ2) is 2.70. The Morgan fingerprint density at radius 1 is 1.20 bits per heavy atom. The maximum atomic E-state index is 13.4. The van der Waals surface area contributed by atoms with Crippen molar-refractivity contribution in [1.82, 2.24) is 9.38 Å². The summed E-state index contributed by atoms with van der Waals surface area (Å²) in [5.41, 5.74) is 0.648. The molecular weight excluding hydrogens is 195 g/mol. The Bertz CT molecular complexity index is 711. The SMILES string of the molecule is O=c1[nH]c2c(F)cccc2c2cccn12. The predicted octanol–water partition coefficient (Wildman–Crippen LogP) is 1.92. The molecule has 0 saturated heterocycles. The van der Waals surface area contributed by atoms with Gasteiger partial charge in [-0.2, -0.15) is 0 Å². The maximum absolute atomic E-state index is 13.4. The molecule has 2 aromatic heterocycles. The van der Waals surface area contributed by atoms with Crippen LogP contribution < -0.4 is 5.69 Å². The van der Waals surface area contributed by atoms with Gasteiger partial charge in [-0.1, -0.05) is 12.1 Å². The monoisotopic (exact) mass is 202 g/mol. The Hall–Kier alpha value is -2.10. The molecule has 0 spiro atoms. The third kappa shape index (κ3) is 1.01. The molecule has 0 aliphatic carbocycles. The quantitative estimate of drug-likeness (QED) is 0.594. The average Bonchev–Trinajstić information content (AvgIpc) is 2.69. The van der Waals surface area contributed by atoms with Crippen molar-refractivity contribution in [2.24, 2.45) is 0 Å². The lowest BCUT2D eigenvalue weighted by molar-refractivity contribution is 0.636. The molecule has 2 heterocycles. The van der Waals surface area contributed by atoms with Crippen LogP contribution in [-0.4, -0.2) is 9.38 Å². The second-order valence-electron chi connectivity index (χ2n) is 3.36. The van der Waals surface area contributed by atoms with Crippen LogP contribution in [-0.2, 0) is 0 Å². The molecule has 3 aromatic rings. The molecule has 15 heavy (non-hydrogen) atoms. The first-order chi connectivity index (χ1) is 7.27. The molecule has 0 aliphatic rings.